The molecule has 1 N–H and O–H groups in total. The third-order valence-electron chi connectivity index (χ3n) is 5.26. The van der Waals surface area contributed by atoms with E-state index in [2.05, 4.69) is 15.2 Å². The fourth-order valence-corrected chi connectivity index (χ4v) is 5.12. The van der Waals surface area contributed by atoms with Crippen molar-refractivity contribution in [1.82, 2.24) is 15.3 Å². The maximum Gasteiger partial charge on any atom is 0.298 e. The normalized spacial score (nSPS) is 24.1. The summed E-state index contributed by atoms with van der Waals surface area (Å²) in [5, 5.41) is 6.41. The quantitative estimate of drug-likeness (QED) is 0.744. The molecule has 0 amide bonds. The molecule has 136 valence electrons. The van der Waals surface area contributed by atoms with Crippen LogP contribution in [-0.2, 0) is 10.8 Å². The van der Waals surface area contributed by atoms with Crippen LogP contribution < -0.4 is 10.2 Å². The molecule has 0 spiro atoms. The molecule has 3 aliphatic heterocycles. The molecular weight excluding hydrogens is 368 g/mol. The first kappa shape index (κ1) is 16.4. The SMILES string of the molecule is CS(=O)c1cc(-c2nccs2)c2oc(N3CC4CCC(C3)NC4)nc2c1. The lowest BCUT2D eigenvalue weighted by Gasteiger charge is -2.22. The van der Waals surface area contributed by atoms with Gasteiger partial charge in [-0.3, -0.25) is 4.21 Å². The zero-order valence-electron chi connectivity index (χ0n) is 14.5. The standard InChI is InChI=1S/C18H20N4O2S2/c1-26(23)13-6-14(17-19-4-5-25-17)16-15(7-13)21-18(24-16)22-9-11-2-3-12(10-22)20-8-11/h4-7,11-12,20H,2-3,8-10H2,1H3. The molecule has 0 aliphatic carbocycles. The number of hydrogen-bond donors (Lipinski definition) is 1. The topological polar surface area (TPSA) is 71.3 Å². The summed E-state index contributed by atoms with van der Waals surface area (Å²) in [6.07, 6.45) is 5.94. The Kier molecular flexibility index (Phi) is 4.06. The summed E-state index contributed by atoms with van der Waals surface area (Å²) in [7, 11) is -1.08. The minimum atomic E-state index is -1.08. The van der Waals surface area contributed by atoms with Gasteiger partial charge in [0.1, 0.15) is 10.5 Å². The van der Waals surface area contributed by atoms with Crippen LogP contribution in [0.1, 0.15) is 12.8 Å². The number of nitrogens with zero attached hydrogens (tertiary/aromatic N) is 3. The average Bonchev–Trinajstić information content (AvgIpc) is 3.23. The molecule has 6 nitrogen and oxygen atoms in total. The van der Waals surface area contributed by atoms with Gasteiger partial charge in [0, 0.05) is 52.7 Å². The highest BCUT2D eigenvalue weighted by molar-refractivity contribution is 7.84. The highest BCUT2D eigenvalue weighted by Crippen LogP contribution is 2.36. The van der Waals surface area contributed by atoms with Gasteiger partial charge in [-0.25, -0.2) is 4.98 Å². The largest absolute Gasteiger partial charge is 0.423 e. The van der Waals surface area contributed by atoms with E-state index in [1.165, 1.54) is 12.8 Å². The number of piperidine rings is 1. The molecule has 6 rings (SSSR count). The Bertz CT molecular complexity index is 947. The molecule has 3 unspecified atom stereocenters. The van der Waals surface area contributed by atoms with E-state index in [0.717, 1.165) is 46.2 Å². The fraction of sp³-hybridized carbons (Fsp3) is 0.444. The predicted octanol–water partition coefficient (Wildman–Crippen LogP) is 2.88. The number of hydrogen-bond acceptors (Lipinski definition) is 7. The number of rotatable bonds is 3. The molecule has 3 fully saturated rings. The molecule has 5 heterocycles. The van der Waals surface area contributed by atoms with E-state index in [1.54, 1.807) is 23.8 Å². The van der Waals surface area contributed by atoms with Gasteiger partial charge in [-0.15, -0.1) is 11.3 Å². The van der Waals surface area contributed by atoms with E-state index >= 15 is 0 Å². The summed E-state index contributed by atoms with van der Waals surface area (Å²) in [4.78, 5) is 12.2. The zero-order chi connectivity index (χ0) is 17.7. The minimum Gasteiger partial charge on any atom is -0.423 e. The van der Waals surface area contributed by atoms with Gasteiger partial charge in [-0.05, 0) is 37.4 Å². The molecule has 0 radical (unpaired) electrons. The summed E-state index contributed by atoms with van der Waals surface area (Å²) in [6, 6.07) is 4.96. The van der Waals surface area contributed by atoms with Crippen molar-refractivity contribution in [3.05, 3.63) is 23.7 Å². The van der Waals surface area contributed by atoms with Crippen LogP contribution in [0.3, 0.4) is 0 Å². The smallest absolute Gasteiger partial charge is 0.298 e. The predicted molar refractivity (Wildman–Crippen MR) is 104 cm³/mol. The van der Waals surface area contributed by atoms with Crippen molar-refractivity contribution in [3.63, 3.8) is 0 Å². The number of anilines is 1. The summed E-state index contributed by atoms with van der Waals surface area (Å²) < 4.78 is 18.3. The maximum absolute atomic E-state index is 12.1. The Morgan fingerprint density at radius 3 is 3.00 bits per heavy atom. The van der Waals surface area contributed by atoms with Crippen LogP contribution >= 0.6 is 11.3 Å². The maximum atomic E-state index is 12.1. The van der Waals surface area contributed by atoms with Gasteiger partial charge in [-0.2, -0.15) is 4.98 Å². The number of nitrogens with one attached hydrogen (secondary N) is 1. The number of aromatic nitrogens is 2. The van der Waals surface area contributed by atoms with Crippen molar-refractivity contribution >= 4 is 39.3 Å². The third-order valence-corrected chi connectivity index (χ3v) is 6.96. The second kappa shape index (κ2) is 6.44. The summed E-state index contributed by atoms with van der Waals surface area (Å²) in [5.74, 6) is 0.640. The van der Waals surface area contributed by atoms with Crippen molar-refractivity contribution in [2.45, 2.75) is 23.8 Å². The fourth-order valence-electron chi connectivity index (χ4n) is 3.91. The molecule has 3 aliphatic rings. The van der Waals surface area contributed by atoms with Crippen molar-refractivity contribution in [1.29, 1.82) is 0 Å². The van der Waals surface area contributed by atoms with E-state index in [-0.39, 0.29) is 0 Å². The van der Waals surface area contributed by atoms with E-state index in [1.807, 2.05) is 17.5 Å². The van der Waals surface area contributed by atoms with E-state index in [9.17, 15) is 4.21 Å². The number of oxazole rings is 1. The number of thiazole rings is 1. The second-order valence-corrected chi connectivity index (χ2v) is 9.33. The van der Waals surface area contributed by atoms with Gasteiger partial charge in [0.15, 0.2) is 5.58 Å². The van der Waals surface area contributed by atoms with E-state index < -0.39 is 10.8 Å². The Balaban J connectivity index is 1.62. The summed E-state index contributed by atoms with van der Waals surface area (Å²) >= 11 is 1.55. The monoisotopic (exact) mass is 388 g/mol. The van der Waals surface area contributed by atoms with E-state index in [4.69, 9.17) is 9.40 Å². The lowest BCUT2D eigenvalue weighted by atomic mass is 9.97. The molecule has 3 saturated heterocycles. The van der Waals surface area contributed by atoms with Crippen molar-refractivity contribution in [2.24, 2.45) is 5.92 Å². The third kappa shape index (κ3) is 2.86. The van der Waals surface area contributed by atoms with Crippen molar-refractivity contribution in [3.8, 4) is 10.6 Å². The van der Waals surface area contributed by atoms with Gasteiger partial charge in [0.2, 0.25) is 0 Å². The summed E-state index contributed by atoms with van der Waals surface area (Å²) in [5.41, 5.74) is 2.36. The van der Waals surface area contributed by atoms with Crippen LogP contribution in [0.2, 0.25) is 0 Å². The number of fused-ring (bicyclic) bond motifs is 5. The van der Waals surface area contributed by atoms with Crippen LogP contribution in [-0.4, -0.2) is 46.1 Å². The summed E-state index contributed by atoms with van der Waals surface area (Å²) in [6.45, 7) is 2.96. The molecule has 2 aromatic heterocycles. The van der Waals surface area contributed by atoms with Crippen LogP contribution in [0.25, 0.3) is 21.7 Å². The zero-order valence-corrected chi connectivity index (χ0v) is 16.1. The van der Waals surface area contributed by atoms with Crippen LogP contribution in [0.4, 0.5) is 6.01 Å². The molecule has 26 heavy (non-hydrogen) atoms. The van der Waals surface area contributed by atoms with Gasteiger partial charge in [0.05, 0.1) is 5.56 Å². The lowest BCUT2D eigenvalue weighted by molar-refractivity contribution is 0.359. The molecule has 3 aromatic rings. The Morgan fingerprint density at radius 1 is 1.35 bits per heavy atom. The average molecular weight is 389 g/mol. The first-order chi connectivity index (χ1) is 12.7. The molecular formula is C18H20N4O2S2. The Labute approximate surface area is 158 Å². The molecule has 2 bridgehead atoms. The van der Waals surface area contributed by atoms with Gasteiger partial charge in [-0.1, -0.05) is 0 Å². The molecule has 8 heteroatoms. The van der Waals surface area contributed by atoms with Crippen LogP contribution in [0.15, 0.2) is 33.0 Å². The molecule has 1 aromatic carbocycles. The van der Waals surface area contributed by atoms with Gasteiger partial charge >= 0.3 is 0 Å². The van der Waals surface area contributed by atoms with Crippen LogP contribution in [0.5, 0.6) is 0 Å². The molecule has 0 saturated carbocycles. The second-order valence-electron chi connectivity index (χ2n) is 7.06. The van der Waals surface area contributed by atoms with Crippen molar-refractivity contribution in [2.75, 3.05) is 30.8 Å². The highest BCUT2D eigenvalue weighted by Gasteiger charge is 2.31. The Morgan fingerprint density at radius 2 is 2.27 bits per heavy atom. The minimum absolute atomic E-state index is 0.501. The van der Waals surface area contributed by atoms with Crippen molar-refractivity contribution < 1.29 is 8.63 Å². The first-order valence-corrected chi connectivity index (χ1v) is 11.3. The molecule has 3 atom stereocenters. The van der Waals surface area contributed by atoms with E-state index in [0.29, 0.717) is 18.0 Å². The van der Waals surface area contributed by atoms with Crippen LogP contribution in [0, 0.1) is 5.92 Å². The first-order valence-electron chi connectivity index (χ1n) is 8.83. The highest BCUT2D eigenvalue weighted by atomic mass is 32.2. The van der Waals surface area contributed by atoms with Gasteiger partial charge < -0.3 is 14.6 Å². The Hall–Kier alpha value is -1.77. The number of benzene rings is 1. The van der Waals surface area contributed by atoms with Gasteiger partial charge in [0.25, 0.3) is 6.01 Å². The lowest BCUT2D eigenvalue weighted by Crippen LogP contribution is -2.39.